The molecule has 0 N–H and O–H groups in total. The van der Waals surface area contributed by atoms with E-state index in [9.17, 15) is 14.5 Å². The summed E-state index contributed by atoms with van der Waals surface area (Å²) in [6, 6.07) is 0. The minimum Gasteiger partial charge on any atom is -0.299 e. The monoisotopic (exact) mass is 171 g/mol. The van der Waals surface area contributed by atoms with Crippen LogP contribution in [-0.2, 0) is 9.59 Å². The van der Waals surface area contributed by atoms with E-state index in [1.807, 2.05) is 13.8 Å². The molecule has 1 amide bonds. The van der Waals surface area contributed by atoms with Crippen LogP contribution in [0.4, 0.5) is 0 Å². The Morgan fingerprint density at radius 1 is 1.25 bits per heavy atom. The Morgan fingerprint density at radius 2 is 1.83 bits per heavy atom. The van der Waals surface area contributed by atoms with Crippen molar-refractivity contribution in [1.82, 2.24) is 0 Å². The molecule has 0 aliphatic rings. The Hall–Kier alpha value is -1.06. The number of nitroso groups, excluding NO2 is 1. The zero-order valence-electron chi connectivity index (χ0n) is 7.37. The molecule has 12 heavy (non-hydrogen) atoms. The van der Waals surface area contributed by atoms with Crippen LogP contribution in [0.5, 0.6) is 0 Å². The number of rotatable bonds is 5. The lowest BCUT2D eigenvalue weighted by molar-refractivity contribution is -0.122. The SMILES string of the molecule is CC(C)C(=O)CCCC(=O)N=O. The van der Waals surface area contributed by atoms with Gasteiger partial charge in [0.15, 0.2) is 0 Å². The van der Waals surface area contributed by atoms with Gasteiger partial charge in [0.2, 0.25) is 0 Å². The summed E-state index contributed by atoms with van der Waals surface area (Å²) in [5.74, 6) is -0.551. The molecule has 0 aromatic rings. The Bertz CT molecular complexity index is 187. The Labute approximate surface area is 71.3 Å². The largest absolute Gasteiger partial charge is 0.299 e. The van der Waals surface area contributed by atoms with E-state index in [0.29, 0.717) is 12.8 Å². The smallest absolute Gasteiger partial charge is 0.286 e. The molecule has 0 aromatic heterocycles. The highest BCUT2D eigenvalue weighted by atomic mass is 16.3. The number of hydrogen-bond donors (Lipinski definition) is 0. The number of ketones is 1. The third-order valence-electron chi connectivity index (χ3n) is 1.56. The third-order valence-corrected chi connectivity index (χ3v) is 1.56. The van der Waals surface area contributed by atoms with Crippen molar-refractivity contribution in [2.24, 2.45) is 11.1 Å². The number of carbonyl (C=O) groups excluding carboxylic acids is 2. The molecule has 0 unspecified atom stereocenters. The molecular formula is C8H13NO3. The summed E-state index contributed by atoms with van der Waals surface area (Å²) in [7, 11) is 0. The van der Waals surface area contributed by atoms with Crippen LogP contribution in [0, 0.1) is 10.8 Å². The van der Waals surface area contributed by atoms with E-state index in [4.69, 9.17) is 0 Å². The zero-order valence-corrected chi connectivity index (χ0v) is 7.37. The van der Waals surface area contributed by atoms with E-state index in [0.717, 1.165) is 0 Å². The maximum atomic E-state index is 11.0. The van der Waals surface area contributed by atoms with Crippen molar-refractivity contribution >= 4 is 11.7 Å². The molecule has 0 radical (unpaired) electrons. The molecule has 0 atom stereocenters. The van der Waals surface area contributed by atoms with Crippen molar-refractivity contribution < 1.29 is 9.59 Å². The van der Waals surface area contributed by atoms with Crippen molar-refractivity contribution in [3.8, 4) is 0 Å². The van der Waals surface area contributed by atoms with Gasteiger partial charge in [-0.25, -0.2) is 0 Å². The molecule has 0 rings (SSSR count). The Morgan fingerprint density at radius 3 is 2.25 bits per heavy atom. The van der Waals surface area contributed by atoms with Gasteiger partial charge in [-0.2, -0.15) is 0 Å². The summed E-state index contributed by atoms with van der Waals surface area (Å²) in [5, 5.41) is 2.23. The average molecular weight is 171 g/mol. The summed E-state index contributed by atoms with van der Waals surface area (Å²) >= 11 is 0. The highest BCUT2D eigenvalue weighted by molar-refractivity contribution is 5.81. The van der Waals surface area contributed by atoms with E-state index in [1.54, 1.807) is 0 Å². The molecule has 68 valence electrons. The van der Waals surface area contributed by atoms with Gasteiger partial charge in [0.25, 0.3) is 5.91 Å². The molecule has 0 saturated heterocycles. The molecule has 0 aromatic carbocycles. The number of nitrogens with zero attached hydrogens (tertiary/aromatic N) is 1. The first-order valence-corrected chi connectivity index (χ1v) is 3.96. The third kappa shape index (κ3) is 4.71. The summed E-state index contributed by atoms with van der Waals surface area (Å²) in [5.41, 5.74) is 0. The molecule has 0 aliphatic heterocycles. The summed E-state index contributed by atoms with van der Waals surface area (Å²) < 4.78 is 0. The lowest BCUT2D eigenvalue weighted by Gasteiger charge is -2.00. The van der Waals surface area contributed by atoms with Crippen LogP contribution < -0.4 is 0 Å². The van der Waals surface area contributed by atoms with E-state index < -0.39 is 5.91 Å². The first-order valence-electron chi connectivity index (χ1n) is 3.96. The summed E-state index contributed by atoms with van der Waals surface area (Å²) in [6.07, 6.45) is 0.877. The average Bonchev–Trinajstić information content (AvgIpc) is 2.03. The van der Waals surface area contributed by atoms with Crippen LogP contribution in [0.25, 0.3) is 0 Å². The lowest BCUT2D eigenvalue weighted by Crippen LogP contribution is -2.07. The zero-order chi connectivity index (χ0) is 9.56. The highest BCUT2D eigenvalue weighted by Gasteiger charge is 2.08. The molecule has 4 nitrogen and oxygen atoms in total. The first kappa shape index (κ1) is 10.9. The fourth-order valence-electron chi connectivity index (χ4n) is 0.748. The van der Waals surface area contributed by atoms with Gasteiger partial charge in [-0.05, 0) is 6.42 Å². The molecule has 0 saturated carbocycles. The van der Waals surface area contributed by atoms with Gasteiger partial charge in [0.05, 0.1) is 0 Å². The summed E-state index contributed by atoms with van der Waals surface area (Å²) in [4.78, 5) is 31.0. The Kier molecular flexibility index (Phi) is 5.08. The minimum absolute atomic E-state index is 0.00397. The maximum Gasteiger partial charge on any atom is 0.286 e. The van der Waals surface area contributed by atoms with Gasteiger partial charge in [-0.3, -0.25) is 9.59 Å². The molecule has 0 fully saturated rings. The number of Topliss-reactive ketones (excluding diaryl/α,β-unsaturated/α-hetero) is 1. The van der Waals surface area contributed by atoms with E-state index in [-0.39, 0.29) is 18.1 Å². The van der Waals surface area contributed by atoms with Crippen LogP contribution >= 0.6 is 0 Å². The fourth-order valence-corrected chi connectivity index (χ4v) is 0.748. The van der Waals surface area contributed by atoms with E-state index >= 15 is 0 Å². The van der Waals surface area contributed by atoms with Crippen LogP contribution in [0.3, 0.4) is 0 Å². The minimum atomic E-state index is -0.674. The van der Waals surface area contributed by atoms with Crippen molar-refractivity contribution in [3.63, 3.8) is 0 Å². The molecule has 0 bridgehead atoms. The van der Waals surface area contributed by atoms with Crippen LogP contribution in [-0.4, -0.2) is 11.7 Å². The van der Waals surface area contributed by atoms with Gasteiger partial charge < -0.3 is 0 Å². The number of hydrogen-bond acceptors (Lipinski definition) is 3. The van der Waals surface area contributed by atoms with E-state index in [2.05, 4.69) is 5.18 Å². The Balaban J connectivity index is 3.50. The number of amides is 1. The summed E-state index contributed by atoms with van der Waals surface area (Å²) in [6.45, 7) is 3.62. The molecule has 0 heterocycles. The van der Waals surface area contributed by atoms with Crippen molar-refractivity contribution in [2.75, 3.05) is 0 Å². The lowest BCUT2D eigenvalue weighted by atomic mass is 10.0. The predicted octanol–water partition coefficient (Wildman–Crippen LogP) is 1.67. The van der Waals surface area contributed by atoms with Gasteiger partial charge >= 0.3 is 0 Å². The second kappa shape index (κ2) is 5.57. The molecule has 4 heteroatoms. The molecule has 0 spiro atoms. The van der Waals surface area contributed by atoms with Gasteiger partial charge in [-0.15, -0.1) is 4.91 Å². The van der Waals surface area contributed by atoms with Crippen molar-refractivity contribution in [3.05, 3.63) is 4.91 Å². The second-order valence-electron chi connectivity index (χ2n) is 2.96. The first-order chi connectivity index (χ1) is 5.57. The maximum absolute atomic E-state index is 11.0. The fraction of sp³-hybridized carbons (Fsp3) is 0.750. The topological polar surface area (TPSA) is 63.6 Å². The predicted molar refractivity (Wildman–Crippen MR) is 44.5 cm³/mol. The normalized spacial score (nSPS) is 9.92. The quantitative estimate of drug-likeness (QED) is 0.591. The highest BCUT2D eigenvalue weighted by Crippen LogP contribution is 2.04. The van der Waals surface area contributed by atoms with E-state index in [1.165, 1.54) is 0 Å². The standard InChI is InChI=1S/C8H13NO3/c1-6(2)7(10)4-3-5-8(11)9-12/h6H,3-5H2,1-2H3. The van der Waals surface area contributed by atoms with Gasteiger partial charge in [-0.1, -0.05) is 13.8 Å². The van der Waals surface area contributed by atoms with Crippen LogP contribution in [0.15, 0.2) is 5.18 Å². The van der Waals surface area contributed by atoms with Crippen molar-refractivity contribution in [1.29, 1.82) is 0 Å². The number of carbonyl (C=O) groups is 2. The molecule has 0 aliphatic carbocycles. The van der Waals surface area contributed by atoms with Gasteiger partial charge in [0.1, 0.15) is 5.78 Å². The van der Waals surface area contributed by atoms with Gasteiger partial charge in [0, 0.05) is 23.9 Å². The van der Waals surface area contributed by atoms with Crippen molar-refractivity contribution in [2.45, 2.75) is 33.1 Å². The molecular weight excluding hydrogens is 158 g/mol. The van der Waals surface area contributed by atoms with Crippen LogP contribution in [0.1, 0.15) is 33.1 Å². The second-order valence-corrected chi connectivity index (χ2v) is 2.96. The van der Waals surface area contributed by atoms with Crippen LogP contribution in [0.2, 0.25) is 0 Å².